The second kappa shape index (κ2) is 6.93. The third-order valence-electron chi connectivity index (χ3n) is 3.73. The van der Waals surface area contributed by atoms with Crippen LogP contribution in [0.2, 0.25) is 10.0 Å². The molecule has 2 aromatic heterocycles. The highest BCUT2D eigenvalue weighted by Crippen LogP contribution is 2.24. The van der Waals surface area contributed by atoms with Crippen LogP contribution in [0.5, 0.6) is 0 Å². The van der Waals surface area contributed by atoms with E-state index in [4.69, 9.17) is 32.4 Å². The molecular formula is C17H12Cl2N2O5. The van der Waals surface area contributed by atoms with Crippen LogP contribution in [0.1, 0.15) is 26.5 Å². The van der Waals surface area contributed by atoms with Gasteiger partial charge in [-0.2, -0.15) is 0 Å². The second-order valence-electron chi connectivity index (χ2n) is 5.50. The first-order valence-corrected chi connectivity index (χ1v) is 8.15. The molecule has 0 aliphatic heterocycles. The van der Waals surface area contributed by atoms with E-state index in [9.17, 15) is 14.4 Å². The molecule has 0 aliphatic rings. The average molecular weight is 395 g/mol. The van der Waals surface area contributed by atoms with Gasteiger partial charge in [-0.15, -0.1) is 0 Å². The molecule has 2 heterocycles. The first kappa shape index (κ1) is 18.2. The van der Waals surface area contributed by atoms with Gasteiger partial charge in [0.05, 0.1) is 10.0 Å². The van der Waals surface area contributed by atoms with Gasteiger partial charge in [-0.1, -0.05) is 23.2 Å². The summed E-state index contributed by atoms with van der Waals surface area (Å²) in [6.07, 6.45) is 1.29. The number of furan rings is 1. The molecule has 0 saturated heterocycles. The summed E-state index contributed by atoms with van der Waals surface area (Å²) in [5.41, 5.74) is -0.211. The molecule has 0 unspecified atom stereocenters. The SMILES string of the molecule is Cc1oc2ncn(C)c(=O)c2c1C(=O)OCC(=O)c1ccc(Cl)c(Cl)c1. The molecule has 0 amide bonds. The van der Waals surface area contributed by atoms with Gasteiger partial charge in [0.25, 0.3) is 5.56 Å². The molecule has 26 heavy (non-hydrogen) atoms. The lowest BCUT2D eigenvalue weighted by molar-refractivity contribution is 0.0474. The van der Waals surface area contributed by atoms with Crippen molar-refractivity contribution in [2.24, 2.45) is 7.05 Å². The lowest BCUT2D eigenvalue weighted by Gasteiger charge is -2.05. The summed E-state index contributed by atoms with van der Waals surface area (Å²) in [4.78, 5) is 40.8. The molecule has 0 radical (unpaired) electrons. The number of esters is 1. The number of aryl methyl sites for hydroxylation is 2. The number of benzene rings is 1. The number of Topliss-reactive ketones (excluding diaryl/α,β-unsaturated/α-hetero) is 1. The van der Waals surface area contributed by atoms with Crippen molar-refractivity contribution >= 4 is 46.1 Å². The van der Waals surface area contributed by atoms with Crippen LogP contribution in [0.3, 0.4) is 0 Å². The van der Waals surface area contributed by atoms with E-state index in [1.165, 1.54) is 43.1 Å². The van der Waals surface area contributed by atoms with Gasteiger partial charge in [-0.3, -0.25) is 9.59 Å². The normalized spacial score (nSPS) is 10.9. The van der Waals surface area contributed by atoms with Crippen LogP contribution in [0.4, 0.5) is 0 Å². The Morgan fingerprint density at radius 1 is 1.27 bits per heavy atom. The van der Waals surface area contributed by atoms with Crippen molar-refractivity contribution in [3.05, 3.63) is 61.8 Å². The largest absolute Gasteiger partial charge is 0.454 e. The van der Waals surface area contributed by atoms with Crippen LogP contribution in [0, 0.1) is 6.92 Å². The molecule has 3 aromatic rings. The number of hydrogen-bond acceptors (Lipinski definition) is 6. The summed E-state index contributed by atoms with van der Waals surface area (Å²) in [5.74, 6) is -1.13. The van der Waals surface area contributed by atoms with Crippen molar-refractivity contribution in [3.8, 4) is 0 Å². The molecule has 3 rings (SSSR count). The molecule has 0 spiro atoms. The third kappa shape index (κ3) is 3.23. The van der Waals surface area contributed by atoms with Gasteiger partial charge in [0.2, 0.25) is 5.71 Å². The van der Waals surface area contributed by atoms with Gasteiger partial charge in [-0.05, 0) is 25.1 Å². The molecule has 0 atom stereocenters. The number of fused-ring (bicyclic) bond motifs is 1. The fourth-order valence-corrected chi connectivity index (χ4v) is 2.69. The van der Waals surface area contributed by atoms with E-state index in [1.54, 1.807) is 0 Å². The van der Waals surface area contributed by atoms with Crippen molar-refractivity contribution < 1.29 is 18.7 Å². The average Bonchev–Trinajstić information content (AvgIpc) is 2.95. The highest BCUT2D eigenvalue weighted by Gasteiger charge is 2.24. The van der Waals surface area contributed by atoms with E-state index < -0.39 is 23.9 Å². The molecule has 0 N–H and O–H groups in total. The van der Waals surface area contributed by atoms with Gasteiger partial charge in [0.1, 0.15) is 23.0 Å². The number of ketones is 1. The Bertz CT molecular complexity index is 1100. The van der Waals surface area contributed by atoms with Gasteiger partial charge >= 0.3 is 5.97 Å². The Morgan fingerprint density at radius 3 is 2.69 bits per heavy atom. The van der Waals surface area contributed by atoms with Crippen molar-refractivity contribution in [3.63, 3.8) is 0 Å². The quantitative estimate of drug-likeness (QED) is 0.498. The van der Waals surface area contributed by atoms with E-state index in [0.29, 0.717) is 5.02 Å². The highest BCUT2D eigenvalue weighted by atomic mass is 35.5. The Kier molecular flexibility index (Phi) is 4.84. The number of carbonyl (C=O) groups excluding carboxylic acids is 2. The molecule has 0 aliphatic carbocycles. The number of carbonyl (C=O) groups is 2. The smallest absolute Gasteiger partial charge is 0.343 e. The zero-order valence-electron chi connectivity index (χ0n) is 13.7. The molecule has 1 aromatic carbocycles. The predicted octanol–water partition coefficient (Wildman–Crippen LogP) is 3.18. The van der Waals surface area contributed by atoms with Crippen LogP contribution in [-0.4, -0.2) is 27.9 Å². The number of ether oxygens (including phenoxy) is 1. The highest BCUT2D eigenvalue weighted by molar-refractivity contribution is 6.42. The fraction of sp³-hybridized carbons (Fsp3) is 0.176. The number of rotatable bonds is 4. The minimum Gasteiger partial charge on any atom is -0.454 e. The zero-order valence-corrected chi connectivity index (χ0v) is 15.2. The Balaban J connectivity index is 1.85. The van der Waals surface area contributed by atoms with Gasteiger partial charge < -0.3 is 13.7 Å². The van der Waals surface area contributed by atoms with Crippen LogP contribution < -0.4 is 5.56 Å². The van der Waals surface area contributed by atoms with E-state index in [-0.39, 0.29) is 33.0 Å². The van der Waals surface area contributed by atoms with Crippen molar-refractivity contribution in [1.82, 2.24) is 9.55 Å². The molecular weight excluding hydrogens is 383 g/mol. The molecule has 0 fully saturated rings. The lowest BCUT2D eigenvalue weighted by atomic mass is 10.1. The van der Waals surface area contributed by atoms with Crippen LogP contribution >= 0.6 is 23.2 Å². The summed E-state index contributed by atoms with van der Waals surface area (Å²) in [6.45, 7) is 0.988. The van der Waals surface area contributed by atoms with E-state index in [0.717, 1.165) is 0 Å². The van der Waals surface area contributed by atoms with Gasteiger partial charge in [0.15, 0.2) is 12.4 Å². The first-order chi connectivity index (χ1) is 12.3. The maximum atomic E-state index is 12.4. The van der Waals surface area contributed by atoms with Crippen molar-refractivity contribution in [2.75, 3.05) is 6.61 Å². The molecule has 0 saturated carbocycles. The zero-order chi connectivity index (χ0) is 19.0. The Morgan fingerprint density at radius 2 is 2.00 bits per heavy atom. The van der Waals surface area contributed by atoms with Crippen LogP contribution in [0.25, 0.3) is 11.1 Å². The summed E-state index contributed by atoms with van der Waals surface area (Å²) in [5, 5.41) is 0.540. The maximum absolute atomic E-state index is 12.4. The topological polar surface area (TPSA) is 91.4 Å². The van der Waals surface area contributed by atoms with Crippen molar-refractivity contribution in [2.45, 2.75) is 6.92 Å². The fourth-order valence-electron chi connectivity index (χ4n) is 2.39. The minimum atomic E-state index is -0.847. The van der Waals surface area contributed by atoms with E-state index in [1.807, 2.05) is 0 Å². The summed E-state index contributed by atoms with van der Waals surface area (Å²) in [6, 6.07) is 4.34. The number of nitrogens with zero attached hydrogens (tertiary/aromatic N) is 2. The van der Waals surface area contributed by atoms with Crippen molar-refractivity contribution in [1.29, 1.82) is 0 Å². The summed E-state index contributed by atoms with van der Waals surface area (Å²) in [7, 11) is 1.50. The molecule has 9 heteroatoms. The number of hydrogen-bond donors (Lipinski definition) is 0. The van der Waals surface area contributed by atoms with Gasteiger partial charge in [0, 0.05) is 12.6 Å². The molecule has 7 nitrogen and oxygen atoms in total. The third-order valence-corrected chi connectivity index (χ3v) is 4.47. The summed E-state index contributed by atoms with van der Waals surface area (Å²) < 4.78 is 11.6. The molecule has 134 valence electrons. The Labute approximate surface area is 157 Å². The minimum absolute atomic E-state index is 0.0134. The van der Waals surface area contributed by atoms with E-state index >= 15 is 0 Å². The lowest BCUT2D eigenvalue weighted by Crippen LogP contribution is -2.20. The van der Waals surface area contributed by atoms with Crippen LogP contribution in [-0.2, 0) is 11.8 Å². The van der Waals surface area contributed by atoms with Gasteiger partial charge in [-0.25, -0.2) is 9.78 Å². The maximum Gasteiger partial charge on any atom is 0.343 e. The predicted molar refractivity (Wildman–Crippen MR) is 95.1 cm³/mol. The Hall–Kier alpha value is -2.64. The van der Waals surface area contributed by atoms with Crippen LogP contribution in [0.15, 0.2) is 33.7 Å². The molecule has 0 bridgehead atoms. The summed E-state index contributed by atoms with van der Waals surface area (Å²) >= 11 is 11.7. The second-order valence-corrected chi connectivity index (χ2v) is 6.32. The van der Waals surface area contributed by atoms with E-state index in [2.05, 4.69) is 4.98 Å². The monoisotopic (exact) mass is 394 g/mol. The first-order valence-electron chi connectivity index (χ1n) is 7.39. The number of aromatic nitrogens is 2. The number of halogens is 2. The standard InChI is InChI=1S/C17H12Cl2N2O5/c1-8-13(14-15(26-8)20-7-21(2)16(14)23)17(24)25-6-12(22)9-3-4-10(18)11(19)5-9/h3-5,7H,6H2,1-2H3.